The molecule has 76 valence electrons. The Morgan fingerprint density at radius 3 is 3.07 bits per heavy atom. The molecule has 1 atom stereocenters. The molecule has 1 aliphatic heterocycles. The van der Waals surface area contributed by atoms with Crippen LogP contribution >= 0.6 is 11.6 Å². The van der Waals surface area contributed by atoms with Crippen molar-refractivity contribution >= 4 is 11.6 Å². The Morgan fingerprint density at radius 1 is 1.50 bits per heavy atom. The molecule has 1 heterocycles. The fraction of sp³-hybridized carbons (Fsp3) is 0.400. The first-order valence-electron chi connectivity index (χ1n) is 4.57. The fourth-order valence-corrected chi connectivity index (χ4v) is 1.83. The average molecular weight is 214 g/mol. The van der Waals surface area contributed by atoms with E-state index in [2.05, 4.69) is 5.32 Å². The number of halogens is 1. The second-order valence-electron chi connectivity index (χ2n) is 3.26. The maximum atomic E-state index is 9.43. The van der Waals surface area contributed by atoms with Gasteiger partial charge in [-0.1, -0.05) is 23.7 Å². The van der Waals surface area contributed by atoms with Gasteiger partial charge in [0.05, 0.1) is 24.3 Å². The van der Waals surface area contributed by atoms with Gasteiger partial charge < -0.3 is 15.2 Å². The molecule has 1 aromatic carbocycles. The van der Waals surface area contributed by atoms with Gasteiger partial charge in [0.15, 0.2) is 0 Å². The minimum atomic E-state index is 0.0864. The molecule has 0 unspecified atom stereocenters. The fourth-order valence-electron chi connectivity index (χ4n) is 1.57. The third-order valence-electron chi connectivity index (χ3n) is 2.31. The van der Waals surface area contributed by atoms with Crippen LogP contribution in [0.2, 0.25) is 5.02 Å². The minimum Gasteiger partial charge on any atom is -0.506 e. The lowest BCUT2D eigenvalue weighted by Crippen LogP contribution is -2.34. The molecule has 0 aliphatic carbocycles. The largest absolute Gasteiger partial charge is 0.506 e. The molecule has 2 rings (SSSR count). The third kappa shape index (κ3) is 1.85. The monoisotopic (exact) mass is 213 g/mol. The molecule has 1 fully saturated rings. The lowest BCUT2D eigenvalue weighted by atomic mass is 10.1. The predicted octanol–water partition coefficient (Wildman–Crippen LogP) is 1.71. The van der Waals surface area contributed by atoms with Gasteiger partial charge >= 0.3 is 0 Å². The molecule has 0 saturated carbocycles. The van der Waals surface area contributed by atoms with Gasteiger partial charge in [-0.3, -0.25) is 0 Å². The van der Waals surface area contributed by atoms with Crippen molar-refractivity contribution in [2.45, 2.75) is 6.04 Å². The molecule has 0 bridgehead atoms. The van der Waals surface area contributed by atoms with Crippen LogP contribution in [-0.2, 0) is 4.74 Å². The second kappa shape index (κ2) is 4.17. The number of aromatic hydroxyl groups is 1. The summed E-state index contributed by atoms with van der Waals surface area (Å²) in [7, 11) is 0. The third-order valence-corrected chi connectivity index (χ3v) is 2.72. The van der Waals surface area contributed by atoms with E-state index in [9.17, 15) is 5.11 Å². The standard InChI is InChI=1S/C10H12ClNO2/c11-10-7(2-1-3-9(10)13)8-6-14-5-4-12-8/h1-3,8,12-13H,4-6H2/t8-/m0/s1. The topological polar surface area (TPSA) is 41.5 Å². The Bertz CT molecular complexity index is 324. The Morgan fingerprint density at radius 2 is 2.36 bits per heavy atom. The van der Waals surface area contributed by atoms with Crippen LogP contribution in [-0.4, -0.2) is 24.9 Å². The first-order chi connectivity index (χ1) is 6.79. The van der Waals surface area contributed by atoms with Crippen LogP contribution in [0.3, 0.4) is 0 Å². The zero-order chi connectivity index (χ0) is 9.97. The molecule has 14 heavy (non-hydrogen) atoms. The quantitative estimate of drug-likeness (QED) is 0.746. The molecule has 0 aromatic heterocycles. The number of benzene rings is 1. The van der Waals surface area contributed by atoms with Gasteiger partial charge in [-0.2, -0.15) is 0 Å². The van der Waals surface area contributed by atoms with Crippen molar-refractivity contribution in [1.29, 1.82) is 0 Å². The summed E-state index contributed by atoms with van der Waals surface area (Å²) in [5.74, 6) is 0.122. The van der Waals surface area contributed by atoms with E-state index in [-0.39, 0.29) is 11.8 Å². The summed E-state index contributed by atoms with van der Waals surface area (Å²) >= 11 is 5.98. The van der Waals surface area contributed by atoms with Crippen LogP contribution in [0.4, 0.5) is 0 Å². The zero-order valence-electron chi connectivity index (χ0n) is 7.66. The maximum absolute atomic E-state index is 9.43. The molecular formula is C10H12ClNO2. The van der Waals surface area contributed by atoms with Gasteiger partial charge in [0.1, 0.15) is 5.75 Å². The number of rotatable bonds is 1. The number of hydrogen-bond acceptors (Lipinski definition) is 3. The highest BCUT2D eigenvalue weighted by molar-refractivity contribution is 6.32. The molecule has 1 aromatic rings. The van der Waals surface area contributed by atoms with Crippen LogP contribution in [0.5, 0.6) is 5.75 Å². The van der Waals surface area contributed by atoms with Crippen molar-refractivity contribution in [1.82, 2.24) is 5.32 Å². The maximum Gasteiger partial charge on any atom is 0.134 e. The summed E-state index contributed by atoms with van der Waals surface area (Å²) in [5, 5.41) is 13.1. The second-order valence-corrected chi connectivity index (χ2v) is 3.64. The normalized spacial score (nSPS) is 22.2. The number of hydrogen-bond donors (Lipinski definition) is 2. The highest BCUT2D eigenvalue weighted by Gasteiger charge is 2.18. The van der Waals surface area contributed by atoms with E-state index in [0.717, 1.165) is 18.7 Å². The molecule has 3 nitrogen and oxygen atoms in total. The molecule has 2 N–H and O–H groups in total. The summed E-state index contributed by atoms with van der Waals surface area (Å²) in [6, 6.07) is 5.35. The van der Waals surface area contributed by atoms with E-state index < -0.39 is 0 Å². The average Bonchev–Trinajstić information content (AvgIpc) is 2.23. The summed E-state index contributed by atoms with van der Waals surface area (Å²) < 4.78 is 5.33. The molecule has 0 amide bonds. The number of nitrogens with one attached hydrogen (secondary N) is 1. The first-order valence-corrected chi connectivity index (χ1v) is 4.95. The van der Waals surface area contributed by atoms with Gasteiger partial charge in [-0.05, 0) is 11.6 Å². The molecular weight excluding hydrogens is 202 g/mol. The van der Waals surface area contributed by atoms with Crippen LogP contribution in [0.25, 0.3) is 0 Å². The van der Waals surface area contributed by atoms with E-state index in [4.69, 9.17) is 16.3 Å². The lowest BCUT2D eigenvalue weighted by molar-refractivity contribution is 0.0768. The molecule has 1 aliphatic rings. The van der Waals surface area contributed by atoms with Crippen LogP contribution < -0.4 is 5.32 Å². The lowest BCUT2D eigenvalue weighted by Gasteiger charge is -2.25. The molecule has 0 radical (unpaired) electrons. The highest BCUT2D eigenvalue weighted by Crippen LogP contribution is 2.31. The first kappa shape index (κ1) is 9.77. The van der Waals surface area contributed by atoms with Gasteiger partial charge in [-0.15, -0.1) is 0 Å². The summed E-state index contributed by atoms with van der Waals surface area (Å²) in [6.45, 7) is 2.15. The Hall–Kier alpha value is -0.770. The van der Waals surface area contributed by atoms with Crippen molar-refractivity contribution in [2.75, 3.05) is 19.8 Å². The predicted molar refractivity (Wildman–Crippen MR) is 54.7 cm³/mol. The van der Waals surface area contributed by atoms with Gasteiger partial charge in [0, 0.05) is 6.54 Å². The van der Waals surface area contributed by atoms with E-state index in [0.29, 0.717) is 11.6 Å². The smallest absolute Gasteiger partial charge is 0.134 e. The van der Waals surface area contributed by atoms with E-state index in [1.807, 2.05) is 6.07 Å². The van der Waals surface area contributed by atoms with Gasteiger partial charge in [-0.25, -0.2) is 0 Å². The van der Waals surface area contributed by atoms with E-state index in [1.165, 1.54) is 0 Å². The van der Waals surface area contributed by atoms with Crippen molar-refractivity contribution in [3.63, 3.8) is 0 Å². The number of phenols is 1. The van der Waals surface area contributed by atoms with E-state index in [1.54, 1.807) is 12.1 Å². The minimum absolute atomic E-state index is 0.0864. The van der Waals surface area contributed by atoms with Crippen LogP contribution in [0.15, 0.2) is 18.2 Å². The van der Waals surface area contributed by atoms with Crippen molar-refractivity contribution < 1.29 is 9.84 Å². The number of phenolic OH excluding ortho intramolecular Hbond substituents is 1. The SMILES string of the molecule is Oc1cccc([C@@H]2COCCN2)c1Cl. The van der Waals surface area contributed by atoms with Crippen LogP contribution in [0.1, 0.15) is 11.6 Å². The Kier molecular flexibility index (Phi) is 2.91. The van der Waals surface area contributed by atoms with Gasteiger partial charge in [0.25, 0.3) is 0 Å². The van der Waals surface area contributed by atoms with Crippen molar-refractivity contribution in [3.8, 4) is 5.75 Å². The molecule has 4 heteroatoms. The zero-order valence-corrected chi connectivity index (χ0v) is 8.42. The number of morpholine rings is 1. The summed E-state index contributed by atoms with van der Waals surface area (Å²) in [6.07, 6.45) is 0. The van der Waals surface area contributed by atoms with Crippen molar-refractivity contribution in [2.24, 2.45) is 0 Å². The number of ether oxygens (including phenoxy) is 1. The summed E-state index contributed by atoms with van der Waals surface area (Å²) in [4.78, 5) is 0. The van der Waals surface area contributed by atoms with Crippen molar-refractivity contribution in [3.05, 3.63) is 28.8 Å². The summed E-state index contributed by atoms with van der Waals surface area (Å²) in [5.41, 5.74) is 0.895. The Balaban J connectivity index is 2.26. The van der Waals surface area contributed by atoms with E-state index >= 15 is 0 Å². The molecule has 0 spiro atoms. The Labute approximate surface area is 87.6 Å². The van der Waals surface area contributed by atoms with Crippen LogP contribution in [0, 0.1) is 0 Å². The molecule has 1 saturated heterocycles. The van der Waals surface area contributed by atoms with Gasteiger partial charge in [0.2, 0.25) is 0 Å². The highest BCUT2D eigenvalue weighted by atomic mass is 35.5.